The number of rotatable bonds is 5. The summed E-state index contributed by atoms with van der Waals surface area (Å²) >= 11 is 5.48. The third-order valence-corrected chi connectivity index (χ3v) is 4.69. The zero-order valence-electron chi connectivity index (χ0n) is 9.21. The van der Waals surface area contributed by atoms with E-state index in [-0.39, 0.29) is 11.8 Å². The summed E-state index contributed by atoms with van der Waals surface area (Å²) in [4.78, 5) is 0. The summed E-state index contributed by atoms with van der Waals surface area (Å²) in [6.07, 6.45) is 4.73. The minimum Gasteiger partial charge on any atom is -0.212 e. The van der Waals surface area contributed by atoms with Gasteiger partial charge in [0.2, 0.25) is 10.0 Å². The van der Waals surface area contributed by atoms with Crippen LogP contribution in [0, 0.1) is 5.92 Å². The predicted octanol–water partition coefficient (Wildman–Crippen LogP) is 2.11. The molecule has 0 saturated heterocycles. The van der Waals surface area contributed by atoms with Crippen LogP contribution in [0.4, 0.5) is 0 Å². The molecule has 1 fully saturated rings. The Labute approximate surface area is 97.6 Å². The van der Waals surface area contributed by atoms with Crippen molar-refractivity contribution in [3.8, 4) is 0 Å². The third kappa shape index (κ3) is 5.18. The third-order valence-electron chi connectivity index (χ3n) is 2.91. The number of hydrogen-bond acceptors (Lipinski definition) is 2. The molecule has 0 aromatic rings. The molecule has 90 valence electrons. The van der Waals surface area contributed by atoms with Gasteiger partial charge >= 0.3 is 0 Å². The Balaban J connectivity index is 2.34. The van der Waals surface area contributed by atoms with Gasteiger partial charge in [0.05, 0.1) is 5.75 Å². The maximum atomic E-state index is 11.6. The van der Waals surface area contributed by atoms with Crippen molar-refractivity contribution < 1.29 is 8.42 Å². The number of sulfonamides is 1. The minimum atomic E-state index is -3.10. The summed E-state index contributed by atoms with van der Waals surface area (Å²) in [6, 6.07) is 0.154. The molecule has 5 heteroatoms. The Morgan fingerprint density at radius 3 is 2.40 bits per heavy atom. The Morgan fingerprint density at radius 1 is 1.27 bits per heavy atom. The number of hydrogen-bond donors (Lipinski definition) is 1. The molecule has 0 bridgehead atoms. The van der Waals surface area contributed by atoms with Gasteiger partial charge in [0.15, 0.2) is 0 Å². The molecule has 0 heterocycles. The van der Waals surface area contributed by atoms with E-state index in [4.69, 9.17) is 11.6 Å². The van der Waals surface area contributed by atoms with Gasteiger partial charge in [-0.3, -0.25) is 0 Å². The maximum Gasteiger partial charge on any atom is 0.211 e. The molecule has 0 amide bonds. The van der Waals surface area contributed by atoms with Crippen LogP contribution in [0.1, 0.15) is 39.0 Å². The largest absolute Gasteiger partial charge is 0.212 e. The van der Waals surface area contributed by atoms with E-state index in [0.29, 0.717) is 12.3 Å². The Morgan fingerprint density at radius 2 is 1.87 bits per heavy atom. The SMILES string of the molecule is CC1CCC(NS(=O)(=O)CCCCl)CC1. The first-order chi connectivity index (χ1) is 7.03. The van der Waals surface area contributed by atoms with E-state index in [0.717, 1.165) is 31.6 Å². The molecule has 1 saturated carbocycles. The lowest BCUT2D eigenvalue weighted by Crippen LogP contribution is -2.38. The molecule has 1 N–H and O–H groups in total. The monoisotopic (exact) mass is 253 g/mol. The lowest BCUT2D eigenvalue weighted by atomic mass is 9.88. The fraction of sp³-hybridized carbons (Fsp3) is 1.00. The topological polar surface area (TPSA) is 46.2 Å². The average Bonchev–Trinajstić information content (AvgIpc) is 2.18. The fourth-order valence-corrected chi connectivity index (χ4v) is 3.61. The van der Waals surface area contributed by atoms with Crippen LogP contribution < -0.4 is 4.72 Å². The second-order valence-electron chi connectivity index (χ2n) is 4.44. The highest BCUT2D eigenvalue weighted by molar-refractivity contribution is 7.89. The molecule has 0 spiro atoms. The summed E-state index contributed by atoms with van der Waals surface area (Å²) in [5, 5.41) is 0. The lowest BCUT2D eigenvalue weighted by Gasteiger charge is -2.26. The van der Waals surface area contributed by atoms with Gasteiger partial charge < -0.3 is 0 Å². The van der Waals surface area contributed by atoms with Crippen molar-refractivity contribution in [2.24, 2.45) is 5.92 Å². The van der Waals surface area contributed by atoms with E-state index in [2.05, 4.69) is 11.6 Å². The highest BCUT2D eigenvalue weighted by Crippen LogP contribution is 2.23. The van der Waals surface area contributed by atoms with E-state index in [1.54, 1.807) is 0 Å². The summed E-state index contributed by atoms with van der Waals surface area (Å²) in [5.41, 5.74) is 0. The molecule has 3 nitrogen and oxygen atoms in total. The van der Waals surface area contributed by atoms with Crippen LogP contribution in [0.2, 0.25) is 0 Å². The van der Waals surface area contributed by atoms with Gasteiger partial charge in [-0.2, -0.15) is 0 Å². The van der Waals surface area contributed by atoms with Crippen LogP contribution in [0.3, 0.4) is 0 Å². The molecule has 0 aromatic carbocycles. The van der Waals surface area contributed by atoms with E-state index < -0.39 is 10.0 Å². The summed E-state index contributed by atoms with van der Waals surface area (Å²) < 4.78 is 25.9. The van der Waals surface area contributed by atoms with Gasteiger partial charge in [-0.25, -0.2) is 13.1 Å². The molecule has 1 rings (SSSR count). The average molecular weight is 254 g/mol. The first kappa shape index (κ1) is 13.3. The molecule has 1 aliphatic carbocycles. The molecule has 0 aromatic heterocycles. The molecule has 15 heavy (non-hydrogen) atoms. The molecular weight excluding hydrogens is 234 g/mol. The summed E-state index contributed by atoms with van der Waals surface area (Å²) in [6.45, 7) is 2.22. The molecule has 1 aliphatic rings. The van der Waals surface area contributed by atoms with Gasteiger partial charge in [-0.05, 0) is 38.0 Å². The van der Waals surface area contributed by atoms with Gasteiger partial charge in [0.25, 0.3) is 0 Å². The van der Waals surface area contributed by atoms with Crippen molar-refractivity contribution >= 4 is 21.6 Å². The molecule has 0 unspecified atom stereocenters. The van der Waals surface area contributed by atoms with Crippen molar-refractivity contribution in [1.29, 1.82) is 0 Å². The van der Waals surface area contributed by atoms with Gasteiger partial charge in [-0.15, -0.1) is 11.6 Å². The zero-order chi connectivity index (χ0) is 11.3. The normalized spacial score (nSPS) is 27.9. The predicted molar refractivity (Wildman–Crippen MR) is 63.7 cm³/mol. The van der Waals surface area contributed by atoms with Gasteiger partial charge in [0.1, 0.15) is 0 Å². The number of alkyl halides is 1. The van der Waals surface area contributed by atoms with Gasteiger partial charge in [0, 0.05) is 11.9 Å². The zero-order valence-corrected chi connectivity index (χ0v) is 10.8. The van der Waals surface area contributed by atoms with Crippen LogP contribution >= 0.6 is 11.6 Å². The van der Waals surface area contributed by atoms with Crippen molar-refractivity contribution in [3.63, 3.8) is 0 Å². The van der Waals surface area contributed by atoms with Crippen molar-refractivity contribution in [2.75, 3.05) is 11.6 Å². The Kier molecular flexibility index (Phi) is 5.36. The van der Waals surface area contributed by atoms with Gasteiger partial charge in [-0.1, -0.05) is 6.92 Å². The number of halogens is 1. The Bertz CT molecular complexity index is 271. The summed E-state index contributed by atoms with van der Waals surface area (Å²) in [7, 11) is -3.10. The standard InChI is InChI=1S/C10H20ClNO2S/c1-9-3-5-10(6-4-9)12-15(13,14)8-2-7-11/h9-10,12H,2-8H2,1H3. The first-order valence-corrected chi connectivity index (χ1v) is 7.78. The highest BCUT2D eigenvalue weighted by Gasteiger charge is 2.22. The Hall–Kier alpha value is 0.200. The van der Waals surface area contributed by atoms with E-state index in [1.807, 2.05) is 0 Å². The van der Waals surface area contributed by atoms with E-state index in [1.165, 1.54) is 0 Å². The molecule has 0 aliphatic heterocycles. The van der Waals surface area contributed by atoms with Crippen LogP contribution in [0.5, 0.6) is 0 Å². The first-order valence-electron chi connectivity index (χ1n) is 5.59. The molecule has 0 radical (unpaired) electrons. The number of nitrogens with one attached hydrogen (secondary N) is 1. The molecule has 0 atom stereocenters. The van der Waals surface area contributed by atoms with Crippen LogP contribution in [0.25, 0.3) is 0 Å². The quantitative estimate of drug-likeness (QED) is 0.763. The van der Waals surface area contributed by atoms with Crippen LogP contribution in [-0.2, 0) is 10.0 Å². The second-order valence-corrected chi connectivity index (χ2v) is 6.69. The van der Waals surface area contributed by atoms with Crippen molar-refractivity contribution in [1.82, 2.24) is 4.72 Å². The highest BCUT2D eigenvalue weighted by atomic mass is 35.5. The van der Waals surface area contributed by atoms with Crippen LogP contribution in [-0.4, -0.2) is 26.1 Å². The lowest BCUT2D eigenvalue weighted by molar-refractivity contribution is 0.332. The minimum absolute atomic E-state index is 0.154. The van der Waals surface area contributed by atoms with Crippen molar-refractivity contribution in [2.45, 2.75) is 45.1 Å². The van der Waals surface area contributed by atoms with Crippen LogP contribution in [0.15, 0.2) is 0 Å². The van der Waals surface area contributed by atoms with E-state index >= 15 is 0 Å². The van der Waals surface area contributed by atoms with Crippen molar-refractivity contribution in [3.05, 3.63) is 0 Å². The van der Waals surface area contributed by atoms with E-state index in [9.17, 15) is 8.42 Å². The second kappa shape index (κ2) is 6.06. The summed E-state index contributed by atoms with van der Waals surface area (Å²) in [5.74, 6) is 1.30. The fourth-order valence-electron chi connectivity index (χ4n) is 1.94. The maximum absolute atomic E-state index is 11.6. The smallest absolute Gasteiger partial charge is 0.211 e. The molecular formula is C10H20ClNO2S.